The van der Waals surface area contributed by atoms with Gasteiger partial charge in [-0.25, -0.2) is 0 Å². The Morgan fingerprint density at radius 2 is 2.14 bits per heavy atom. The van der Waals surface area contributed by atoms with Crippen LogP contribution in [0, 0.1) is 12.8 Å². The molecule has 1 aromatic rings. The molecule has 0 amide bonds. The van der Waals surface area contributed by atoms with Crippen LogP contribution in [0.4, 0.5) is 0 Å². The fourth-order valence-electron chi connectivity index (χ4n) is 1.49. The van der Waals surface area contributed by atoms with Gasteiger partial charge in [0, 0.05) is 15.1 Å². The predicted molar refractivity (Wildman–Crippen MR) is 64.0 cm³/mol. The lowest BCUT2D eigenvalue weighted by atomic mass is 10.1. The molecule has 0 aliphatic heterocycles. The molecule has 1 aliphatic rings. The first-order valence-electron chi connectivity index (χ1n) is 4.67. The number of halogens is 2. The third kappa shape index (κ3) is 1.88. The summed E-state index contributed by atoms with van der Waals surface area (Å²) in [5.74, 6) is 0.638. The summed E-state index contributed by atoms with van der Waals surface area (Å²) in [6.45, 7) is 2.05. The van der Waals surface area contributed by atoms with Crippen LogP contribution in [0.5, 0.6) is 0 Å². The number of hydrogen-bond acceptors (Lipinski definition) is 2. The Kier molecular flexibility index (Phi) is 2.96. The second-order valence-corrected chi connectivity index (χ2v) is 5.44. The quantitative estimate of drug-likeness (QED) is 0.908. The van der Waals surface area contributed by atoms with E-state index < -0.39 is 0 Å². The lowest BCUT2D eigenvalue weighted by molar-refractivity contribution is 0.610. The lowest BCUT2D eigenvalue weighted by Crippen LogP contribution is -2.15. The highest BCUT2D eigenvalue weighted by atomic mass is 79.9. The fraction of sp³-hybridized carbons (Fsp3) is 0.500. The molecule has 1 aromatic heterocycles. The summed E-state index contributed by atoms with van der Waals surface area (Å²) in [6.07, 6.45) is 4.31. The molecule has 14 heavy (non-hydrogen) atoms. The van der Waals surface area contributed by atoms with E-state index in [-0.39, 0.29) is 6.04 Å². The Morgan fingerprint density at radius 1 is 1.50 bits per heavy atom. The molecular weight excluding hydrogens is 308 g/mol. The van der Waals surface area contributed by atoms with Crippen molar-refractivity contribution in [3.8, 4) is 0 Å². The molecule has 0 saturated heterocycles. The molecule has 1 atom stereocenters. The first kappa shape index (κ1) is 10.6. The number of nitrogens with zero attached hydrogens (tertiary/aromatic N) is 1. The molecule has 1 heterocycles. The molecule has 2 N–H and O–H groups in total. The van der Waals surface area contributed by atoms with Gasteiger partial charge in [-0.2, -0.15) is 0 Å². The van der Waals surface area contributed by atoms with E-state index >= 15 is 0 Å². The van der Waals surface area contributed by atoms with Gasteiger partial charge in [-0.15, -0.1) is 0 Å². The molecule has 0 bridgehead atoms. The van der Waals surface area contributed by atoms with Crippen LogP contribution >= 0.6 is 31.9 Å². The Morgan fingerprint density at radius 3 is 2.71 bits per heavy atom. The topological polar surface area (TPSA) is 38.9 Å². The average molecular weight is 320 g/mol. The van der Waals surface area contributed by atoms with Gasteiger partial charge in [-0.3, -0.25) is 4.98 Å². The van der Waals surface area contributed by atoms with Crippen LogP contribution in [0.1, 0.15) is 30.1 Å². The molecule has 1 fully saturated rings. The van der Waals surface area contributed by atoms with Crippen LogP contribution in [0.2, 0.25) is 0 Å². The first-order chi connectivity index (χ1) is 6.61. The van der Waals surface area contributed by atoms with Crippen molar-refractivity contribution in [2.45, 2.75) is 25.8 Å². The summed E-state index contributed by atoms with van der Waals surface area (Å²) in [5, 5.41) is 0. The van der Waals surface area contributed by atoms with Crippen LogP contribution in [-0.2, 0) is 0 Å². The van der Waals surface area contributed by atoms with Crippen molar-refractivity contribution in [2.75, 3.05) is 0 Å². The van der Waals surface area contributed by atoms with Crippen molar-refractivity contribution in [3.05, 3.63) is 26.4 Å². The second-order valence-electron chi connectivity index (χ2n) is 3.79. The van der Waals surface area contributed by atoms with E-state index in [9.17, 15) is 0 Å². The van der Waals surface area contributed by atoms with Gasteiger partial charge in [0.05, 0.1) is 11.7 Å². The molecule has 2 rings (SSSR count). The maximum atomic E-state index is 6.11. The van der Waals surface area contributed by atoms with Crippen molar-refractivity contribution < 1.29 is 0 Å². The molecule has 4 heteroatoms. The minimum Gasteiger partial charge on any atom is -0.322 e. The maximum Gasteiger partial charge on any atom is 0.0719 e. The van der Waals surface area contributed by atoms with Crippen LogP contribution in [0.3, 0.4) is 0 Å². The molecule has 1 saturated carbocycles. The zero-order valence-electron chi connectivity index (χ0n) is 7.93. The van der Waals surface area contributed by atoms with Crippen molar-refractivity contribution in [2.24, 2.45) is 11.7 Å². The third-order valence-electron chi connectivity index (χ3n) is 2.67. The largest absolute Gasteiger partial charge is 0.322 e. The second kappa shape index (κ2) is 3.91. The number of hydrogen-bond donors (Lipinski definition) is 1. The minimum atomic E-state index is 0.0937. The van der Waals surface area contributed by atoms with E-state index in [1.54, 1.807) is 0 Å². The summed E-state index contributed by atoms with van der Waals surface area (Å²) in [4.78, 5) is 4.38. The Hall–Kier alpha value is 0.0700. The Bertz CT molecular complexity index is 361. The molecule has 0 aromatic carbocycles. The van der Waals surface area contributed by atoms with Gasteiger partial charge in [-0.05, 0) is 63.1 Å². The van der Waals surface area contributed by atoms with Gasteiger partial charge in [0.25, 0.3) is 0 Å². The highest BCUT2D eigenvalue weighted by Crippen LogP contribution is 2.41. The molecule has 0 radical (unpaired) electrons. The van der Waals surface area contributed by atoms with Crippen LogP contribution in [0.15, 0.2) is 15.1 Å². The molecule has 0 spiro atoms. The van der Waals surface area contributed by atoms with E-state index in [1.807, 2.05) is 6.20 Å². The summed E-state index contributed by atoms with van der Waals surface area (Å²) in [5.41, 5.74) is 8.28. The highest BCUT2D eigenvalue weighted by Gasteiger charge is 2.31. The Labute approximate surface area is 101 Å². The zero-order chi connectivity index (χ0) is 10.3. The van der Waals surface area contributed by atoms with Gasteiger partial charge in [0.2, 0.25) is 0 Å². The van der Waals surface area contributed by atoms with Gasteiger partial charge < -0.3 is 5.73 Å². The number of rotatable bonds is 2. The fourth-order valence-corrected chi connectivity index (χ4v) is 2.63. The average Bonchev–Trinajstić information content (AvgIpc) is 2.97. The van der Waals surface area contributed by atoms with Crippen LogP contribution in [0.25, 0.3) is 0 Å². The van der Waals surface area contributed by atoms with E-state index in [0.29, 0.717) is 5.92 Å². The van der Waals surface area contributed by atoms with E-state index in [0.717, 1.165) is 14.6 Å². The van der Waals surface area contributed by atoms with E-state index in [4.69, 9.17) is 5.73 Å². The van der Waals surface area contributed by atoms with Gasteiger partial charge in [-0.1, -0.05) is 0 Å². The highest BCUT2D eigenvalue weighted by molar-refractivity contribution is 9.11. The van der Waals surface area contributed by atoms with Crippen LogP contribution in [-0.4, -0.2) is 4.98 Å². The molecular formula is C10H12Br2N2. The molecule has 1 aliphatic carbocycles. The molecule has 2 nitrogen and oxygen atoms in total. The monoisotopic (exact) mass is 318 g/mol. The standard InChI is InChI=1S/C10H12Br2N2/c1-5-7(11)4-14-10(8(5)12)9(13)6-2-3-6/h4,6,9H,2-3,13H2,1H3/t9-/m1/s1. The van der Waals surface area contributed by atoms with E-state index in [2.05, 4.69) is 43.8 Å². The summed E-state index contributed by atoms with van der Waals surface area (Å²) >= 11 is 7.00. The van der Waals surface area contributed by atoms with Crippen molar-refractivity contribution in [1.29, 1.82) is 0 Å². The normalized spacial score (nSPS) is 18.3. The zero-order valence-corrected chi connectivity index (χ0v) is 11.1. The first-order valence-corrected chi connectivity index (χ1v) is 6.26. The van der Waals surface area contributed by atoms with Gasteiger partial charge in [0.15, 0.2) is 0 Å². The lowest BCUT2D eigenvalue weighted by Gasteiger charge is -2.13. The summed E-state index contributed by atoms with van der Waals surface area (Å²) in [7, 11) is 0. The number of nitrogens with two attached hydrogens (primary N) is 1. The maximum absolute atomic E-state index is 6.11. The van der Waals surface area contributed by atoms with Crippen molar-refractivity contribution >= 4 is 31.9 Å². The Balaban J connectivity index is 2.38. The van der Waals surface area contributed by atoms with Crippen molar-refractivity contribution in [1.82, 2.24) is 4.98 Å². The molecule has 0 unspecified atom stereocenters. The summed E-state index contributed by atoms with van der Waals surface area (Å²) < 4.78 is 2.07. The third-order valence-corrected chi connectivity index (χ3v) is 4.48. The van der Waals surface area contributed by atoms with E-state index in [1.165, 1.54) is 18.4 Å². The van der Waals surface area contributed by atoms with Gasteiger partial charge >= 0.3 is 0 Å². The predicted octanol–water partition coefficient (Wildman–Crippen LogP) is 3.32. The number of pyridine rings is 1. The minimum absolute atomic E-state index is 0.0937. The molecule has 76 valence electrons. The van der Waals surface area contributed by atoms with Crippen molar-refractivity contribution in [3.63, 3.8) is 0 Å². The summed E-state index contributed by atoms with van der Waals surface area (Å²) in [6, 6.07) is 0.0937. The van der Waals surface area contributed by atoms with Gasteiger partial charge in [0.1, 0.15) is 0 Å². The van der Waals surface area contributed by atoms with Crippen LogP contribution < -0.4 is 5.73 Å². The SMILES string of the molecule is Cc1c(Br)cnc([C@H](N)C2CC2)c1Br. The number of aromatic nitrogens is 1. The smallest absolute Gasteiger partial charge is 0.0719 e.